The summed E-state index contributed by atoms with van der Waals surface area (Å²) in [6, 6.07) is 6.12. The van der Waals surface area contributed by atoms with Crippen LogP contribution < -0.4 is 20.3 Å². The molecule has 11 nitrogen and oxygen atoms in total. The number of urea groups is 1. The molecule has 0 radical (unpaired) electrons. The van der Waals surface area contributed by atoms with Crippen molar-refractivity contribution in [3.63, 3.8) is 0 Å². The summed E-state index contributed by atoms with van der Waals surface area (Å²) in [4.78, 5) is 47.7. The van der Waals surface area contributed by atoms with E-state index < -0.39 is 42.4 Å². The van der Waals surface area contributed by atoms with Gasteiger partial charge in [-0.2, -0.15) is 26.3 Å². The molecule has 1 aromatic carbocycles. The number of imide groups is 1. The molecule has 0 aliphatic carbocycles. The van der Waals surface area contributed by atoms with Gasteiger partial charge in [0.2, 0.25) is 5.88 Å². The van der Waals surface area contributed by atoms with Crippen LogP contribution in [0.3, 0.4) is 0 Å². The predicted octanol–water partition coefficient (Wildman–Crippen LogP) is 4.43. The van der Waals surface area contributed by atoms with E-state index in [2.05, 4.69) is 15.0 Å². The molecule has 2 aromatic heterocycles. The van der Waals surface area contributed by atoms with E-state index in [0.29, 0.717) is 23.9 Å². The first-order chi connectivity index (χ1) is 18.6. The van der Waals surface area contributed by atoms with Crippen LogP contribution in [0.1, 0.15) is 18.1 Å². The largest absolute Gasteiger partial charge is 0.490 e. The van der Waals surface area contributed by atoms with Crippen molar-refractivity contribution in [1.29, 1.82) is 0 Å². The summed E-state index contributed by atoms with van der Waals surface area (Å²) in [5.74, 6) is -2.45. The molecule has 0 bridgehead atoms. The van der Waals surface area contributed by atoms with E-state index in [1.54, 1.807) is 12.1 Å². The number of hydrogen-bond acceptors (Lipinski definition) is 8. The minimum atomic E-state index is -5.08. The fourth-order valence-corrected chi connectivity index (χ4v) is 3.29. The quantitative estimate of drug-likeness (QED) is 0.334. The van der Waals surface area contributed by atoms with Crippen LogP contribution in [0.25, 0.3) is 0 Å². The number of halogens is 6. The van der Waals surface area contributed by atoms with E-state index in [-0.39, 0.29) is 23.1 Å². The molecule has 3 aromatic rings. The lowest BCUT2D eigenvalue weighted by Crippen LogP contribution is -2.33. The second kappa shape index (κ2) is 11.4. The Kier molecular flexibility index (Phi) is 8.45. The van der Waals surface area contributed by atoms with Gasteiger partial charge in [0.1, 0.15) is 24.4 Å². The van der Waals surface area contributed by atoms with Crippen LogP contribution in [0.4, 0.5) is 48.3 Å². The summed E-state index contributed by atoms with van der Waals surface area (Å²) < 4.78 is 76.5. The van der Waals surface area contributed by atoms with Gasteiger partial charge in [-0.25, -0.2) is 24.5 Å². The molecular weight excluding hydrogens is 554 g/mol. The Labute approximate surface area is 220 Å². The number of carboxylic acids is 1. The Hall–Kier alpha value is -4.96. The number of benzene rings is 1. The molecule has 212 valence electrons. The van der Waals surface area contributed by atoms with Gasteiger partial charge < -0.3 is 15.6 Å². The van der Waals surface area contributed by atoms with Gasteiger partial charge in [-0.15, -0.1) is 0 Å². The zero-order valence-electron chi connectivity index (χ0n) is 20.2. The third-order valence-electron chi connectivity index (χ3n) is 5.13. The Bertz CT molecular complexity index is 1430. The molecule has 0 atom stereocenters. The summed E-state index contributed by atoms with van der Waals surface area (Å²) in [5.41, 5.74) is 5.43. The SMILES string of the molecule is CCc1cc(N2C(=O)CN(c3cncc(C(F)(F)F)c3)C2=O)ccc1Oc1cc(N)ncn1.O=C(O)C(F)(F)F. The molecule has 1 saturated heterocycles. The number of ether oxygens (including phenoxy) is 1. The number of nitrogens with zero attached hydrogens (tertiary/aromatic N) is 5. The van der Waals surface area contributed by atoms with E-state index in [1.807, 2.05) is 6.92 Å². The molecule has 3 heterocycles. The standard InChI is InChI=1S/C21H17F3N6O3.C2HF3O2/c1-2-12-5-14(3-4-16(12)33-18-7-17(25)27-11-28-18)30-19(31)10-29(20(30)32)15-6-13(8-26-9-15)21(22,23)24;3-2(4,5)1(6)7/h3-9,11H,2,10H2,1H3,(H2,25,27,28);(H,6,7). The van der Waals surface area contributed by atoms with Gasteiger partial charge in [-0.05, 0) is 36.2 Å². The lowest BCUT2D eigenvalue weighted by Gasteiger charge is -2.19. The van der Waals surface area contributed by atoms with Crippen LogP contribution in [-0.2, 0) is 22.2 Å². The molecule has 17 heteroatoms. The third-order valence-corrected chi connectivity index (χ3v) is 5.13. The van der Waals surface area contributed by atoms with Crippen LogP contribution in [-0.4, -0.2) is 50.7 Å². The summed E-state index contributed by atoms with van der Waals surface area (Å²) >= 11 is 0. The molecule has 1 aliphatic heterocycles. The van der Waals surface area contributed by atoms with Crippen molar-refractivity contribution in [3.8, 4) is 11.6 Å². The van der Waals surface area contributed by atoms with Gasteiger partial charge in [-0.3, -0.25) is 14.7 Å². The summed E-state index contributed by atoms with van der Waals surface area (Å²) in [7, 11) is 0. The lowest BCUT2D eigenvalue weighted by molar-refractivity contribution is -0.192. The highest BCUT2D eigenvalue weighted by atomic mass is 19.4. The normalized spacial score (nSPS) is 13.7. The number of aromatic nitrogens is 3. The first-order valence-corrected chi connectivity index (χ1v) is 11.0. The minimum Gasteiger partial charge on any atom is -0.475 e. The maximum Gasteiger partial charge on any atom is 0.490 e. The van der Waals surface area contributed by atoms with Crippen molar-refractivity contribution < 1.29 is 50.6 Å². The Morgan fingerprint density at radius 1 is 1.05 bits per heavy atom. The maximum absolute atomic E-state index is 13.0. The zero-order valence-corrected chi connectivity index (χ0v) is 20.2. The van der Waals surface area contributed by atoms with Crippen molar-refractivity contribution in [1.82, 2.24) is 15.0 Å². The van der Waals surface area contributed by atoms with Crippen molar-refractivity contribution in [3.05, 3.63) is 60.2 Å². The number of rotatable bonds is 5. The highest BCUT2D eigenvalue weighted by Crippen LogP contribution is 2.34. The second-order valence-electron chi connectivity index (χ2n) is 7.86. The van der Waals surface area contributed by atoms with Gasteiger partial charge in [0.25, 0.3) is 5.91 Å². The van der Waals surface area contributed by atoms with E-state index in [9.17, 15) is 35.9 Å². The number of aryl methyl sites for hydroxylation is 1. The van der Waals surface area contributed by atoms with E-state index in [1.165, 1.54) is 18.5 Å². The highest BCUT2D eigenvalue weighted by Gasteiger charge is 2.40. The zero-order chi connectivity index (χ0) is 29.8. The fraction of sp³-hybridized carbons (Fsp3) is 0.217. The number of nitrogen functional groups attached to an aromatic ring is 1. The van der Waals surface area contributed by atoms with E-state index in [4.69, 9.17) is 20.4 Å². The Morgan fingerprint density at radius 2 is 1.73 bits per heavy atom. The molecule has 4 rings (SSSR count). The molecule has 0 saturated carbocycles. The first-order valence-electron chi connectivity index (χ1n) is 11.0. The van der Waals surface area contributed by atoms with Crippen LogP contribution in [0.5, 0.6) is 11.6 Å². The second-order valence-corrected chi connectivity index (χ2v) is 7.86. The minimum absolute atomic E-state index is 0.123. The average molecular weight is 572 g/mol. The topological polar surface area (TPSA) is 152 Å². The Balaban J connectivity index is 0.000000559. The van der Waals surface area contributed by atoms with Crippen LogP contribution >= 0.6 is 0 Å². The van der Waals surface area contributed by atoms with Crippen LogP contribution in [0, 0.1) is 0 Å². The summed E-state index contributed by atoms with van der Waals surface area (Å²) in [5, 5.41) is 7.12. The third kappa shape index (κ3) is 6.91. The van der Waals surface area contributed by atoms with Crippen molar-refractivity contribution >= 4 is 35.1 Å². The van der Waals surface area contributed by atoms with Gasteiger partial charge >= 0.3 is 24.4 Å². The summed E-state index contributed by atoms with van der Waals surface area (Å²) in [6.45, 7) is 1.44. The number of anilines is 3. The molecule has 1 aliphatic rings. The number of pyridine rings is 1. The number of amides is 3. The molecule has 3 amide bonds. The molecule has 1 fully saturated rings. The number of carbonyl (C=O) groups excluding carboxylic acids is 2. The van der Waals surface area contributed by atoms with E-state index >= 15 is 0 Å². The molecule has 40 heavy (non-hydrogen) atoms. The van der Waals surface area contributed by atoms with Crippen molar-refractivity contribution in [2.45, 2.75) is 25.7 Å². The summed E-state index contributed by atoms with van der Waals surface area (Å²) in [6.07, 6.45) is -6.20. The number of aliphatic carboxylic acids is 1. The highest BCUT2D eigenvalue weighted by molar-refractivity contribution is 6.27. The van der Waals surface area contributed by atoms with Gasteiger partial charge in [0, 0.05) is 12.3 Å². The molecular formula is C23H18F6N6O5. The van der Waals surface area contributed by atoms with Gasteiger partial charge in [0.15, 0.2) is 0 Å². The number of nitrogens with two attached hydrogens (primary N) is 1. The average Bonchev–Trinajstić information content (AvgIpc) is 3.17. The molecule has 0 spiro atoms. The van der Waals surface area contributed by atoms with Gasteiger partial charge in [-0.1, -0.05) is 6.92 Å². The van der Waals surface area contributed by atoms with Gasteiger partial charge in [0.05, 0.1) is 23.1 Å². The number of hydrogen-bond donors (Lipinski definition) is 2. The fourth-order valence-electron chi connectivity index (χ4n) is 3.29. The Morgan fingerprint density at radius 3 is 2.30 bits per heavy atom. The number of alkyl halides is 6. The molecule has 3 N–H and O–H groups in total. The van der Waals surface area contributed by atoms with Crippen molar-refractivity contribution in [2.24, 2.45) is 0 Å². The van der Waals surface area contributed by atoms with Crippen LogP contribution in [0.15, 0.2) is 49.1 Å². The van der Waals surface area contributed by atoms with Crippen molar-refractivity contribution in [2.75, 3.05) is 22.1 Å². The number of carbonyl (C=O) groups is 3. The number of carboxylic acid groups (broad SMARTS) is 1. The predicted molar refractivity (Wildman–Crippen MR) is 125 cm³/mol. The van der Waals surface area contributed by atoms with Crippen LogP contribution in [0.2, 0.25) is 0 Å². The smallest absolute Gasteiger partial charge is 0.475 e. The lowest BCUT2D eigenvalue weighted by atomic mass is 10.1. The molecule has 0 unspecified atom stereocenters. The monoisotopic (exact) mass is 572 g/mol. The van der Waals surface area contributed by atoms with E-state index in [0.717, 1.165) is 22.1 Å². The first kappa shape index (κ1) is 29.6. The maximum atomic E-state index is 13.0.